The second-order valence-corrected chi connectivity index (χ2v) is 8.11. The lowest BCUT2D eigenvalue weighted by Gasteiger charge is -2.32. The zero-order valence-corrected chi connectivity index (χ0v) is 15.6. The fourth-order valence-electron chi connectivity index (χ4n) is 4.00. The van der Waals surface area contributed by atoms with E-state index >= 15 is 0 Å². The highest BCUT2D eigenvalue weighted by Crippen LogP contribution is 2.26. The Morgan fingerprint density at radius 3 is 2.58 bits per heavy atom. The van der Waals surface area contributed by atoms with E-state index in [1.165, 1.54) is 36.1 Å². The van der Waals surface area contributed by atoms with Gasteiger partial charge in [-0.1, -0.05) is 31.0 Å². The predicted molar refractivity (Wildman–Crippen MR) is 101 cm³/mol. The molecule has 3 rings (SSSR count). The Kier molecular flexibility index (Phi) is 6.61. The number of likely N-dealkylation sites (tertiary alicyclic amines) is 1. The van der Waals surface area contributed by atoms with E-state index in [0.717, 1.165) is 39.0 Å². The Morgan fingerprint density at radius 1 is 1.17 bits per heavy atom. The van der Waals surface area contributed by atoms with Gasteiger partial charge in [0.2, 0.25) is 5.91 Å². The van der Waals surface area contributed by atoms with E-state index < -0.39 is 0 Å². The molecule has 1 aromatic carbocycles. The monoisotopic (exact) mass is 346 g/mol. The highest BCUT2D eigenvalue weighted by molar-refractivity contribution is 7.98. The molecule has 3 nitrogen and oxygen atoms in total. The van der Waals surface area contributed by atoms with Gasteiger partial charge >= 0.3 is 0 Å². The summed E-state index contributed by atoms with van der Waals surface area (Å²) in [7, 11) is 0. The van der Waals surface area contributed by atoms with Crippen LogP contribution in [0.1, 0.15) is 44.1 Å². The quantitative estimate of drug-likeness (QED) is 0.792. The van der Waals surface area contributed by atoms with Gasteiger partial charge in [0, 0.05) is 23.9 Å². The van der Waals surface area contributed by atoms with Crippen LogP contribution in [-0.2, 0) is 11.3 Å². The van der Waals surface area contributed by atoms with Gasteiger partial charge in [0.15, 0.2) is 0 Å². The first-order valence-corrected chi connectivity index (χ1v) is 10.6. The average molecular weight is 347 g/mol. The largest absolute Gasteiger partial charge is 0.356 e. The summed E-state index contributed by atoms with van der Waals surface area (Å²) in [5.74, 6) is 1.26. The third kappa shape index (κ3) is 4.76. The fraction of sp³-hybridized carbons (Fsp3) is 0.650. The third-order valence-corrected chi connectivity index (χ3v) is 6.42. The maximum absolute atomic E-state index is 12.1. The van der Waals surface area contributed by atoms with Crippen molar-refractivity contribution in [1.29, 1.82) is 0 Å². The van der Waals surface area contributed by atoms with Crippen LogP contribution in [0.15, 0.2) is 29.2 Å². The topological polar surface area (TPSA) is 32.3 Å². The second-order valence-electron chi connectivity index (χ2n) is 7.26. The summed E-state index contributed by atoms with van der Waals surface area (Å²) in [5, 5.41) is 3.22. The van der Waals surface area contributed by atoms with E-state index in [4.69, 9.17) is 0 Å². The summed E-state index contributed by atoms with van der Waals surface area (Å²) < 4.78 is 0. The molecule has 0 spiro atoms. The number of amides is 1. The highest BCUT2D eigenvalue weighted by Gasteiger charge is 2.24. The molecule has 1 heterocycles. The normalized spacial score (nSPS) is 20.4. The number of rotatable bonds is 6. The van der Waals surface area contributed by atoms with Gasteiger partial charge in [0.05, 0.1) is 0 Å². The van der Waals surface area contributed by atoms with Gasteiger partial charge in [0.25, 0.3) is 0 Å². The number of carbonyl (C=O) groups is 1. The molecule has 1 saturated heterocycles. The molecule has 0 radical (unpaired) electrons. The van der Waals surface area contributed by atoms with E-state index in [9.17, 15) is 4.79 Å². The van der Waals surface area contributed by atoms with Crippen LogP contribution in [0.25, 0.3) is 0 Å². The van der Waals surface area contributed by atoms with E-state index in [2.05, 4.69) is 40.7 Å². The molecule has 0 bridgehead atoms. The van der Waals surface area contributed by atoms with Gasteiger partial charge in [-0.2, -0.15) is 0 Å². The summed E-state index contributed by atoms with van der Waals surface area (Å²) in [4.78, 5) is 16.1. The van der Waals surface area contributed by atoms with Crippen molar-refractivity contribution >= 4 is 17.7 Å². The Balaban J connectivity index is 1.40. The van der Waals surface area contributed by atoms with Crippen molar-refractivity contribution < 1.29 is 4.79 Å². The lowest BCUT2D eigenvalue weighted by molar-refractivity contribution is -0.125. The SMILES string of the molecule is CSc1ccccc1CN1CCC(CNC(=O)C2CCCC2)CC1. The molecule has 0 aromatic heterocycles. The van der Waals surface area contributed by atoms with Crippen molar-refractivity contribution in [2.45, 2.75) is 50.0 Å². The van der Waals surface area contributed by atoms with Crippen LogP contribution in [0.3, 0.4) is 0 Å². The molecular formula is C20H30N2OS. The van der Waals surface area contributed by atoms with Crippen molar-refractivity contribution in [2.24, 2.45) is 11.8 Å². The number of nitrogens with one attached hydrogen (secondary N) is 1. The van der Waals surface area contributed by atoms with Gasteiger partial charge in [-0.15, -0.1) is 11.8 Å². The maximum atomic E-state index is 12.1. The van der Waals surface area contributed by atoms with Gasteiger partial charge in [0.1, 0.15) is 0 Å². The summed E-state index contributed by atoms with van der Waals surface area (Å²) >= 11 is 1.83. The lowest BCUT2D eigenvalue weighted by atomic mass is 9.96. The van der Waals surface area contributed by atoms with Crippen molar-refractivity contribution in [2.75, 3.05) is 25.9 Å². The molecule has 2 aliphatic rings. The smallest absolute Gasteiger partial charge is 0.223 e. The lowest BCUT2D eigenvalue weighted by Crippen LogP contribution is -2.39. The molecule has 1 aliphatic heterocycles. The van der Waals surface area contributed by atoms with Crippen LogP contribution in [0.2, 0.25) is 0 Å². The van der Waals surface area contributed by atoms with E-state index in [1.807, 2.05) is 11.8 Å². The molecule has 1 saturated carbocycles. The van der Waals surface area contributed by atoms with Gasteiger partial charge < -0.3 is 5.32 Å². The van der Waals surface area contributed by atoms with E-state index in [1.54, 1.807) is 0 Å². The Morgan fingerprint density at radius 2 is 1.88 bits per heavy atom. The van der Waals surface area contributed by atoms with E-state index in [0.29, 0.717) is 17.7 Å². The molecule has 4 heteroatoms. The molecule has 0 unspecified atom stereocenters. The van der Waals surface area contributed by atoms with Crippen molar-refractivity contribution in [3.05, 3.63) is 29.8 Å². The first-order chi connectivity index (χ1) is 11.8. The highest BCUT2D eigenvalue weighted by atomic mass is 32.2. The molecule has 132 valence electrons. The summed E-state index contributed by atoms with van der Waals surface area (Å²) in [5.41, 5.74) is 1.44. The maximum Gasteiger partial charge on any atom is 0.223 e. The fourth-order valence-corrected chi connectivity index (χ4v) is 4.61. The predicted octanol–water partition coefficient (Wildman–Crippen LogP) is 3.93. The molecule has 1 aromatic rings. The number of piperidine rings is 1. The molecular weight excluding hydrogens is 316 g/mol. The number of benzene rings is 1. The zero-order valence-electron chi connectivity index (χ0n) is 14.8. The number of hydrogen-bond acceptors (Lipinski definition) is 3. The van der Waals surface area contributed by atoms with Gasteiger partial charge in [-0.3, -0.25) is 9.69 Å². The standard InChI is InChI=1S/C20H30N2OS/c1-24-19-9-5-4-8-18(19)15-22-12-10-16(11-13-22)14-21-20(23)17-6-2-3-7-17/h4-5,8-9,16-17H,2-3,6-7,10-15H2,1H3,(H,21,23). The number of hydrogen-bond donors (Lipinski definition) is 1. The van der Waals surface area contributed by atoms with Crippen LogP contribution in [0, 0.1) is 11.8 Å². The minimum Gasteiger partial charge on any atom is -0.356 e. The zero-order chi connectivity index (χ0) is 16.8. The Bertz CT molecular complexity index is 534. The van der Waals surface area contributed by atoms with Gasteiger partial charge in [-0.25, -0.2) is 0 Å². The summed E-state index contributed by atoms with van der Waals surface area (Å²) in [6.07, 6.45) is 9.21. The average Bonchev–Trinajstić information content (AvgIpc) is 3.16. The van der Waals surface area contributed by atoms with Crippen LogP contribution in [0.5, 0.6) is 0 Å². The minimum atomic E-state index is 0.299. The van der Waals surface area contributed by atoms with Crippen molar-refractivity contribution in [3.63, 3.8) is 0 Å². The first-order valence-electron chi connectivity index (χ1n) is 9.38. The third-order valence-electron chi connectivity index (χ3n) is 5.58. The van der Waals surface area contributed by atoms with Crippen LogP contribution < -0.4 is 5.32 Å². The van der Waals surface area contributed by atoms with Crippen LogP contribution in [0.4, 0.5) is 0 Å². The molecule has 1 N–H and O–H groups in total. The molecule has 1 amide bonds. The Hall–Kier alpha value is -1.00. The molecule has 1 aliphatic carbocycles. The van der Waals surface area contributed by atoms with Crippen molar-refractivity contribution in [1.82, 2.24) is 10.2 Å². The molecule has 2 fully saturated rings. The number of nitrogens with zero attached hydrogens (tertiary/aromatic N) is 1. The Labute approximate surface area is 150 Å². The first kappa shape index (κ1) is 17.8. The van der Waals surface area contributed by atoms with Crippen LogP contribution in [-0.4, -0.2) is 36.7 Å². The van der Waals surface area contributed by atoms with E-state index in [-0.39, 0.29) is 0 Å². The second kappa shape index (κ2) is 8.91. The number of carbonyl (C=O) groups excluding carboxylic acids is 1. The van der Waals surface area contributed by atoms with Crippen molar-refractivity contribution in [3.8, 4) is 0 Å². The van der Waals surface area contributed by atoms with Crippen LogP contribution >= 0.6 is 11.8 Å². The summed E-state index contributed by atoms with van der Waals surface area (Å²) in [6, 6.07) is 8.72. The number of thioether (sulfide) groups is 1. The van der Waals surface area contributed by atoms with Gasteiger partial charge in [-0.05, 0) is 62.6 Å². The molecule has 0 atom stereocenters. The molecule has 24 heavy (non-hydrogen) atoms. The minimum absolute atomic E-state index is 0.299. The summed E-state index contributed by atoms with van der Waals surface area (Å²) in [6.45, 7) is 4.22.